The van der Waals surface area contributed by atoms with E-state index in [-0.39, 0.29) is 11.7 Å². The van der Waals surface area contributed by atoms with Gasteiger partial charge in [-0.3, -0.25) is 9.59 Å². The fourth-order valence-electron chi connectivity index (χ4n) is 2.57. The zero-order valence-corrected chi connectivity index (χ0v) is 15.9. The number of unbranched alkanes of at least 4 members (excludes halogenated alkanes) is 1. The molecule has 0 saturated heterocycles. The Morgan fingerprint density at radius 2 is 2.24 bits per heavy atom. The number of ketones is 1. The Morgan fingerprint density at radius 1 is 1.40 bits per heavy atom. The predicted molar refractivity (Wildman–Crippen MR) is 102 cm³/mol. The number of hydrogen-bond donors (Lipinski definition) is 1. The number of fused-ring (bicyclic) bond motifs is 1. The highest BCUT2D eigenvalue weighted by Crippen LogP contribution is 2.30. The van der Waals surface area contributed by atoms with Crippen molar-refractivity contribution in [1.82, 2.24) is 10.2 Å². The minimum atomic E-state index is 0.0329. The van der Waals surface area contributed by atoms with Gasteiger partial charge in [0, 0.05) is 24.8 Å². The molecule has 0 radical (unpaired) electrons. The summed E-state index contributed by atoms with van der Waals surface area (Å²) in [4.78, 5) is 25.8. The van der Waals surface area contributed by atoms with Crippen molar-refractivity contribution in [3.63, 3.8) is 0 Å². The van der Waals surface area contributed by atoms with Crippen molar-refractivity contribution in [2.24, 2.45) is 0 Å². The number of nitrogens with zero attached hydrogens (tertiary/aromatic N) is 3. The minimum Gasteiger partial charge on any atom is -0.360 e. The molecular weight excluding hydrogens is 356 g/mol. The van der Waals surface area contributed by atoms with Crippen molar-refractivity contribution < 1.29 is 9.59 Å². The number of anilines is 2. The van der Waals surface area contributed by atoms with Crippen molar-refractivity contribution in [3.05, 3.63) is 29.3 Å². The lowest BCUT2D eigenvalue weighted by atomic mass is 10.1. The summed E-state index contributed by atoms with van der Waals surface area (Å²) >= 11 is 2.86. The number of amides is 1. The Hall–Kier alpha value is -1.93. The third kappa shape index (κ3) is 4.19. The molecule has 1 amide bonds. The average Bonchev–Trinajstić information content (AvgIpc) is 3.17. The van der Waals surface area contributed by atoms with Crippen molar-refractivity contribution in [2.45, 2.75) is 30.5 Å². The van der Waals surface area contributed by atoms with Crippen LogP contribution in [0.3, 0.4) is 0 Å². The van der Waals surface area contributed by atoms with Crippen LogP contribution in [0.4, 0.5) is 10.8 Å². The van der Waals surface area contributed by atoms with Gasteiger partial charge in [-0.25, -0.2) is 0 Å². The molecule has 1 aliphatic heterocycles. The Kier molecular flexibility index (Phi) is 5.70. The molecule has 2 heterocycles. The number of thioether (sulfide) groups is 1. The van der Waals surface area contributed by atoms with E-state index < -0.39 is 0 Å². The number of rotatable bonds is 8. The molecule has 25 heavy (non-hydrogen) atoms. The maximum absolute atomic E-state index is 12.4. The molecule has 8 heteroatoms. The number of aromatic nitrogens is 2. The molecule has 0 unspecified atom stereocenters. The Morgan fingerprint density at radius 3 is 3.04 bits per heavy atom. The van der Waals surface area contributed by atoms with Gasteiger partial charge in [0.15, 0.2) is 10.1 Å². The van der Waals surface area contributed by atoms with Crippen molar-refractivity contribution >= 4 is 45.6 Å². The van der Waals surface area contributed by atoms with Gasteiger partial charge in [0.05, 0.1) is 12.2 Å². The second kappa shape index (κ2) is 7.97. The quantitative estimate of drug-likeness (QED) is 0.433. The van der Waals surface area contributed by atoms with Crippen LogP contribution >= 0.6 is 23.1 Å². The summed E-state index contributed by atoms with van der Waals surface area (Å²) < 4.78 is 0.781. The predicted octanol–water partition coefficient (Wildman–Crippen LogP) is 3.24. The third-order valence-corrected chi connectivity index (χ3v) is 6.03. The molecule has 0 fully saturated rings. The summed E-state index contributed by atoms with van der Waals surface area (Å²) in [5.74, 6) is 0.406. The van der Waals surface area contributed by atoms with Crippen molar-refractivity contribution in [3.8, 4) is 0 Å². The zero-order valence-electron chi connectivity index (χ0n) is 14.2. The summed E-state index contributed by atoms with van der Waals surface area (Å²) in [5.41, 5.74) is 2.45. The van der Waals surface area contributed by atoms with Gasteiger partial charge in [-0.15, -0.1) is 10.2 Å². The van der Waals surface area contributed by atoms with Crippen LogP contribution in [0.2, 0.25) is 0 Å². The SMILES string of the molecule is CCCCNc1nnc(SCC(=O)c2ccc3c(c2)CC(=O)N3C)s1. The Labute approximate surface area is 155 Å². The Balaban J connectivity index is 1.57. The molecule has 0 atom stereocenters. The van der Waals surface area contributed by atoms with Crippen LogP contribution in [-0.4, -0.2) is 41.2 Å². The number of carbonyl (C=O) groups excluding carboxylic acids is 2. The van der Waals surface area contributed by atoms with Gasteiger partial charge in [-0.05, 0) is 30.2 Å². The van der Waals surface area contributed by atoms with Crippen LogP contribution in [0, 0.1) is 0 Å². The number of hydrogen-bond acceptors (Lipinski definition) is 7. The molecule has 0 spiro atoms. The van der Waals surface area contributed by atoms with Crippen molar-refractivity contribution in [1.29, 1.82) is 0 Å². The lowest BCUT2D eigenvalue weighted by molar-refractivity contribution is -0.117. The van der Waals surface area contributed by atoms with Crippen LogP contribution in [0.1, 0.15) is 35.7 Å². The van der Waals surface area contributed by atoms with Gasteiger partial charge in [0.2, 0.25) is 11.0 Å². The van der Waals surface area contributed by atoms with Crippen LogP contribution in [0.25, 0.3) is 0 Å². The van der Waals surface area contributed by atoms with E-state index in [0.717, 1.165) is 40.1 Å². The summed E-state index contributed by atoms with van der Waals surface area (Å²) in [6.45, 7) is 3.03. The number of nitrogens with one attached hydrogen (secondary N) is 1. The Bertz CT molecular complexity index is 791. The molecule has 1 aliphatic rings. The molecule has 1 aromatic carbocycles. The topological polar surface area (TPSA) is 75.2 Å². The monoisotopic (exact) mass is 376 g/mol. The first-order valence-electron chi connectivity index (χ1n) is 8.21. The molecule has 3 rings (SSSR count). The maximum atomic E-state index is 12.4. The van der Waals surface area contributed by atoms with Gasteiger partial charge in [0.1, 0.15) is 0 Å². The average molecular weight is 377 g/mol. The van der Waals surface area contributed by atoms with Gasteiger partial charge < -0.3 is 10.2 Å². The lowest BCUT2D eigenvalue weighted by Crippen LogP contribution is -2.20. The highest BCUT2D eigenvalue weighted by atomic mass is 32.2. The molecule has 0 aliphatic carbocycles. The van der Waals surface area contributed by atoms with E-state index in [0.29, 0.717) is 17.7 Å². The van der Waals surface area contributed by atoms with Crippen LogP contribution < -0.4 is 10.2 Å². The number of carbonyl (C=O) groups is 2. The molecule has 1 N–H and O–H groups in total. The highest BCUT2D eigenvalue weighted by molar-refractivity contribution is 8.01. The molecule has 0 bridgehead atoms. The summed E-state index contributed by atoms with van der Waals surface area (Å²) in [6, 6.07) is 5.46. The fraction of sp³-hybridized carbons (Fsp3) is 0.412. The minimum absolute atomic E-state index is 0.0329. The summed E-state index contributed by atoms with van der Waals surface area (Å²) in [5, 5.41) is 12.2. The first kappa shape index (κ1) is 17.9. The molecule has 0 saturated carbocycles. The molecular formula is C17H20N4O2S2. The van der Waals surface area contributed by atoms with Crippen LogP contribution in [-0.2, 0) is 11.2 Å². The van der Waals surface area contributed by atoms with E-state index in [1.807, 2.05) is 12.1 Å². The van der Waals surface area contributed by atoms with Crippen molar-refractivity contribution in [2.75, 3.05) is 29.6 Å². The van der Waals surface area contributed by atoms with E-state index in [2.05, 4.69) is 22.4 Å². The van der Waals surface area contributed by atoms with Gasteiger partial charge >= 0.3 is 0 Å². The third-order valence-electron chi connectivity index (χ3n) is 4.02. The van der Waals surface area contributed by atoms with Gasteiger partial charge in [-0.1, -0.05) is 36.4 Å². The summed E-state index contributed by atoms with van der Waals surface area (Å²) in [7, 11) is 1.76. The van der Waals surface area contributed by atoms with E-state index >= 15 is 0 Å². The number of Topliss-reactive ketones (excluding diaryl/α,β-unsaturated/α-hetero) is 1. The highest BCUT2D eigenvalue weighted by Gasteiger charge is 2.24. The molecule has 6 nitrogen and oxygen atoms in total. The number of benzene rings is 1. The first-order valence-corrected chi connectivity index (χ1v) is 10.0. The lowest BCUT2D eigenvalue weighted by Gasteiger charge is -2.10. The molecule has 1 aromatic heterocycles. The number of likely N-dealkylation sites (N-methyl/N-ethyl adjacent to an activating group) is 1. The standard InChI is InChI=1S/C17H20N4O2S2/c1-3-4-7-18-16-19-20-17(25-16)24-10-14(22)11-5-6-13-12(8-11)9-15(23)21(13)2/h5-6,8H,3-4,7,9-10H2,1-2H3,(H,18,19). The molecule has 132 valence electrons. The second-order valence-corrected chi connectivity index (χ2v) is 8.04. The summed E-state index contributed by atoms with van der Waals surface area (Å²) in [6.07, 6.45) is 2.59. The maximum Gasteiger partial charge on any atom is 0.231 e. The van der Waals surface area contributed by atoms with Gasteiger partial charge in [-0.2, -0.15) is 0 Å². The largest absolute Gasteiger partial charge is 0.360 e. The smallest absolute Gasteiger partial charge is 0.231 e. The zero-order chi connectivity index (χ0) is 17.8. The fourth-order valence-corrected chi connectivity index (χ4v) is 4.24. The van der Waals surface area contributed by atoms with E-state index in [1.165, 1.54) is 23.1 Å². The van der Waals surface area contributed by atoms with Crippen LogP contribution in [0.15, 0.2) is 22.5 Å². The van der Waals surface area contributed by atoms with Gasteiger partial charge in [0.25, 0.3) is 0 Å². The van der Waals surface area contributed by atoms with E-state index in [1.54, 1.807) is 18.0 Å². The van der Waals surface area contributed by atoms with E-state index in [9.17, 15) is 9.59 Å². The van der Waals surface area contributed by atoms with E-state index in [4.69, 9.17) is 0 Å². The van der Waals surface area contributed by atoms with Crippen LogP contribution in [0.5, 0.6) is 0 Å². The first-order chi connectivity index (χ1) is 12.1. The second-order valence-electron chi connectivity index (χ2n) is 5.84. The molecule has 2 aromatic rings. The normalized spacial score (nSPS) is 13.2.